The van der Waals surface area contributed by atoms with Gasteiger partial charge < -0.3 is 4.74 Å². The van der Waals surface area contributed by atoms with Gasteiger partial charge in [-0.2, -0.15) is 0 Å². The van der Waals surface area contributed by atoms with Gasteiger partial charge in [-0.05, 0) is 34.9 Å². The molecule has 3 aromatic carbocycles. The van der Waals surface area contributed by atoms with Gasteiger partial charge in [0, 0.05) is 13.0 Å². The van der Waals surface area contributed by atoms with Crippen LogP contribution < -0.4 is 4.72 Å². The van der Waals surface area contributed by atoms with E-state index in [0.717, 1.165) is 16.3 Å². The van der Waals surface area contributed by atoms with E-state index in [1.165, 1.54) is 0 Å². The van der Waals surface area contributed by atoms with Crippen LogP contribution >= 0.6 is 0 Å². The number of nitrogens with one attached hydrogen (secondary N) is 1. The van der Waals surface area contributed by atoms with Gasteiger partial charge in [-0.3, -0.25) is 4.79 Å². The van der Waals surface area contributed by atoms with Crippen molar-refractivity contribution in [3.63, 3.8) is 0 Å². The highest BCUT2D eigenvalue weighted by atomic mass is 32.2. The fourth-order valence-corrected chi connectivity index (χ4v) is 3.78. The van der Waals surface area contributed by atoms with E-state index in [-0.39, 0.29) is 30.4 Å². The molecule has 0 aliphatic rings. The number of hydrogen-bond acceptors (Lipinski definition) is 4. The molecule has 0 amide bonds. The first-order chi connectivity index (χ1) is 13.0. The molecule has 0 unspecified atom stereocenters. The molecule has 0 atom stereocenters. The van der Waals surface area contributed by atoms with Crippen molar-refractivity contribution in [3.05, 3.63) is 78.4 Å². The minimum atomic E-state index is -3.61. The van der Waals surface area contributed by atoms with E-state index in [4.69, 9.17) is 4.74 Å². The average molecular weight is 383 g/mol. The van der Waals surface area contributed by atoms with E-state index < -0.39 is 10.0 Å². The van der Waals surface area contributed by atoms with Crippen molar-refractivity contribution in [3.8, 4) is 0 Å². The zero-order chi connectivity index (χ0) is 19.1. The minimum Gasteiger partial charge on any atom is -0.461 e. The molecule has 0 saturated carbocycles. The van der Waals surface area contributed by atoms with Crippen molar-refractivity contribution in [1.29, 1.82) is 0 Å². The summed E-state index contributed by atoms with van der Waals surface area (Å²) in [6, 6.07) is 22.0. The van der Waals surface area contributed by atoms with E-state index >= 15 is 0 Å². The molecule has 0 aliphatic heterocycles. The zero-order valence-electron chi connectivity index (χ0n) is 14.8. The van der Waals surface area contributed by atoms with Crippen molar-refractivity contribution >= 4 is 26.8 Å². The molecule has 0 saturated heterocycles. The fraction of sp³-hybridized carbons (Fsp3) is 0.190. The highest BCUT2D eigenvalue weighted by Crippen LogP contribution is 2.18. The standard InChI is InChI=1S/C21H21NO4S/c23-21(26-16-17-7-2-1-3-8-17)11-6-14-22-27(24,25)20-13-12-18-9-4-5-10-19(18)15-20/h1-5,7-10,12-13,15,22H,6,11,14,16H2. The molecule has 6 heteroatoms. The van der Waals surface area contributed by atoms with Gasteiger partial charge in [-0.1, -0.05) is 60.7 Å². The maximum absolute atomic E-state index is 12.4. The van der Waals surface area contributed by atoms with Gasteiger partial charge in [0.15, 0.2) is 0 Å². The molecule has 27 heavy (non-hydrogen) atoms. The predicted molar refractivity (Wildman–Crippen MR) is 105 cm³/mol. The van der Waals surface area contributed by atoms with Crippen LogP contribution in [0.2, 0.25) is 0 Å². The SMILES string of the molecule is O=C(CCCNS(=O)(=O)c1ccc2ccccc2c1)OCc1ccccc1. The van der Waals surface area contributed by atoms with Gasteiger partial charge in [0.2, 0.25) is 10.0 Å². The topological polar surface area (TPSA) is 72.5 Å². The fourth-order valence-electron chi connectivity index (χ4n) is 2.67. The summed E-state index contributed by atoms with van der Waals surface area (Å²) in [4.78, 5) is 12.0. The summed E-state index contributed by atoms with van der Waals surface area (Å²) in [5.74, 6) is -0.344. The summed E-state index contributed by atoms with van der Waals surface area (Å²) in [5, 5.41) is 1.85. The van der Waals surface area contributed by atoms with Crippen molar-refractivity contribution in [1.82, 2.24) is 4.72 Å². The van der Waals surface area contributed by atoms with E-state index in [1.807, 2.05) is 54.6 Å². The normalized spacial score (nSPS) is 11.4. The second-order valence-corrected chi connectivity index (χ2v) is 7.92. The largest absolute Gasteiger partial charge is 0.461 e. The molecule has 1 N–H and O–H groups in total. The number of esters is 1. The summed E-state index contributed by atoms with van der Waals surface area (Å²) in [7, 11) is -3.61. The van der Waals surface area contributed by atoms with E-state index in [0.29, 0.717) is 6.42 Å². The van der Waals surface area contributed by atoms with Crippen LogP contribution in [0.25, 0.3) is 10.8 Å². The first-order valence-corrected chi connectivity index (χ1v) is 10.2. The summed E-state index contributed by atoms with van der Waals surface area (Å²) in [6.45, 7) is 0.401. The van der Waals surface area contributed by atoms with Gasteiger partial charge >= 0.3 is 5.97 Å². The van der Waals surface area contributed by atoms with Crippen LogP contribution in [0.1, 0.15) is 18.4 Å². The smallest absolute Gasteiger partial charge is 0.306 e. The lowest BCUT2D eigenvalue weighted by Gasteiger charge is -2.08. The Morgan fingerprint density at radius 2 is 1.59 bits per heavy atom. The number of hydrogen-bond donors (Lipinski definition) is 1. The van der Waals surface area contributed by atoms with E-state index in [1.54, 1.807) is 18.2 Å². The molecule has 0 aromatic heterocycles. The van der Waals surface area contributed by atoms with Gasteiger partial charge in [-0.15, -0.1) is 0 Å². The van der Waals surface area contributed by atoms with Crippen molar-refractivity contribution in [2.24, 2.45) is 0 Å². The maximum Gasteiger partial charge on any atom is 0.306 e. The molecule has 0 fully saturated rings. The summed E-state index contributed by atoms with van der Waals surface area (Å²) in [5.41, 5.74) is 0.919. The Kier molecular flexibility index (Phi) is 6.21. The molecular formula is C21H21NO4S. The molecular weight excluding hydrogens is 362 g/mol. The number of ether oxygens (including phenoxy) is 1. The van der Waals surface area contributed by atoms with Crippen LogP contribution in [0.15, 0.2) is 77.7 Å². The second kappa shape index (κ2) is 8.79. The third kappa shape index (κ3) is 5.39. The van der Waals surface area contributed by atoms with Crippen molar-refractivity contribution in [2.45, 2.75) is 24.3 Å². The van der Waals surface area contributed by atoms with E-state index in [9.17, 15) is 13.2 Å². The lowest BCUT2D eigenvalue weighted by atomic mass is 10.1. The first kappa shape index (κ1) is 19.1. The van der Waals surface area contributed by atoms with Crippen LogP contribution in [-0.4, -0.2) is 20.9 Å². The van der Waals surface area contributed by atoms with Crippen LogP contribution in [-0.2, 0) is 26.2 Å². The van der Waals surface area contributed by atoms with Crippen LogP contribution in [0, 0.1) is 0 Å². The van der Waals surface area contributed by atoms with Gasteiger partial charge in [0.05, 0.1) is 4.90 Å². The lowest BCUT2D eigenvalue weighted by Crippen LogP contribution is -2.25. The van der Waals surface area contributed by atoms with Crippen LogP contribution in [0.5, 0.6) is 0 Å². The zero-order valence-corrected chi connectivity index (χ0v) is 15.6. The monoisotopic (exact) mass is 383 g/mol. The van der Waals surface area contributed by atoms with Gasteiger partial charge in [0.1, 0.15) is 6.61 Å². The van der Waals surface area contributed by atoms with Gasteiger partial charge in [-0.25, -0.2) is 13.1 Å². The molecule has 0 heterocycles. The molecule has 0 radical (unpaired) electrons. The molecule has 0 spiro atoms. The van der Waals surface area contributed by atoms with E-state index in [2.05, 4.69) is 4.72 Å². The Morgan fingerprint density at radius 1 is 0.889 bits per heavy atom. The Balaban J connectivity index is 1.46. The number of sulfonamides is 1. The first-order valence-electron chi connectivity index (χ1n) is 8.73. The Hall–Kier alpha value is -2.70. The molecule has 3 rings (SSSR count). The van der Waals surface area contributed by atoms with Gasteiger partial charge in [0.25, 0.3) is 0 Å². The summed E-state index contributed by atoms with van der Waals surface area (Å²) < 4.78 is 32.5. The number of rotatable bonds is 8. The maximum atomic E-state index is 12.4. The molecule has 140 valence electrons. The number of carbonyl (C=O) groups excluding carboxylic acids is 1. The third-order valence-corrected chi connectivity index (χ3v) is 5.58. The Bertz CT molecular complexity index is 1020. The lowest BCUT2D eigenvalue weighted by molar-refractivity contribution is -0.145. The molecule has 5 nitrogen and oxygen atoms in total. The quantitative estimate of drug-likeness (QED) is 0.476. The number of carbonyl (C=O) groups is 1. The number of fused-ring (bicyclic) bond motifs is 1. The average Bonchev–Trinajstić information content (AvgIpc) is 2.70. The summed E-state index contributed by atoms with van der Waals surface area (Å²) >= 11 is 0. The minimum absolute atomic E-state index is 0.160. The predicted octanol–water partition coefficient (Wildman–Crippen LogP) is 3.64. The molecule has 0 bridgehead atoms. The highest BCUT2D eigenvalue weighted by molar-refractivity contribution is 7.89. The second-order valence-electron chi connectivity index (χ2n) is 6.16. The van der Waals surface area contributed by atoms with Crippen LogP contribution in [0.4, 0.5) is 0 Å². The molecule has 0 aliphatic carbocycles. The van der Waals surface area contributed by atoms with Crippen molar-refractivity contribution in [2.75, 3.05) is 6.54 Å². The molecule has 3 aromatic rings. The van der Waals surface area contributed by atoms with Crippen LogP contribution in [0.3, 0.4) is 0 Å². The third-order valence-electron chi connectivity index (χ3n) is 4.12. The summed E-state index contributed by atoms with van der Waals surface area (Å²) in [6.07, 6.45) is 0.535. The highest BCUT2D eigenvalue weighted by Gasteiger charge is 2.14. The Labute approximate surface area is 159 Å². The van der Waals surface area contributed by atoms with Crippen molar-refractivity contribution < 1.29 is 17.9 Å². The Morgan fingerprint density at radius 3 is 2.37 bits per heavy atom. The number of benzene rings is 3.